The molecule has 0 saturated carbocycles. The van der Waals surface area contributed by atoms with Gasteiger partial charge in [-0.05, 0) is 44.8 Å². The van der Waals surface area contributed by atoms with Gasteiger partial charge in [0.2, 0.25) is 17.6 Å². The third kappa shape index (κ3) is 5.61. The maximum absolute atomic E-state index is 12.6. The zero-order valence-corrected chi connectivity index (χ0v) is 19.1. The van der Waals surface area contributed by atoms with E-state index in [9.17, 15) is 9.59 Å². The summed E-state index contributed by atoms with van der Waals surface area (Å²) in [4.78, 5) is 29.4. The zero-order chi connectivity index (χ0) is 22.4. The Kier molecular flexibility index (Phi) is 8.01. The Labute approximate surface area is 184 Å². The SMILES string of the molecule is COc1cc(N2CC(C(=O)NCCCN3CCC(C)CC3)CC2=O)cc(OC)c1OC. The highest BCUT2D eigenvalue weighted by molar-refractivity contribution is 6.00. The molecular formula is C23H35N3O5. The van der Waals surface area contributed by atoms with Crippen LogP contribution < -0.4 is 24.4 Å². The van der Waals surface area contributed by atoms with E-state index < -0.39 is 0 Å². The Morgan fingerprint density at radius 2 is 1.74 bits per heavy atom. The van der Waals surface area contributed by atoms with Gasteiger partial charge in [0.05, 0.1) is 32.9 Å². The first-order chi connectivity index (χ1) is 15.0. The van der Waals surface area contributed by atoms with Crippen LogP contribution in [0.5, 0.6) is 17.2 Å². The number of nitrogens with one attached hydrogen (secondary N) is 1. The Morgan fingerprint density at radius 1 is 1.10 bits per heavy atom. The van der Waals surface area contributed by atoms with Gasteiger partial charge >= 0.3 is 0 Å². The van der Waals surface area contributed by atoms with Crippen LogP contribution >= 0.6 is 0 Å². The fraction of sp³-hybridized carbons (Fsp3) is 0.652. The lowest BCUT2D eigenvalue weighted by molar-refractivity contribution is -0.126. The lowest BCUT2D eigenvalue weighted by Gasteiger charge is -2.30. The summed E-state index contributed by atoms with van der Waals surface area (Å²) in [6, 6.07) is 3.47. The highest BCUT2D eigenvalue weighted by Gasteiger charge is 2.35. The minimum atomic E-state index is -0.359. The molecule has 0 bridgehead atoms. The Morgan fingerprint density at radius 3 is 2.32 bits per heavy atom. The molecule has 3 rings (SSSR count). The van der Waals surface area contributed by atoms with Crippen LogP contribution in [-0.2, 0) is 9.59 Å². The van der Waals surface area contributed by atoms with E-state index in [1.807, 2.05) is 0 Å². The second kappa shape index (κ2) is 10.7. The molecule has 1 N–H and O–H groups in total. The molecule has 2 aliphatic rings. The Balaban J connectivity index is 1.53. The summed E-state index contributed by atoms with van der Waals surface area (Å²) in [5, 5.41) is 3.02. The largest absolute Gasteiger partial charge is 0.493 e. The number of carbonyl (C=O) groups excluding carboxylic acids is 2. The second-order valence-electron chi connectivity index (χ2n) is 8.46. The van der Waals surface area contributed by atoms with Gasteiger partial charge in [0.25, 0.3) is 0 Å². The number of anilines is 1. The van der Waals surface area contributed by atoms with E-state index in [1.54, 1.807) is 17.0 Å². The molecule has 1 aromatic carbocycles. The van der Waals surface area contributed by atoms with Gasteiger partial charge < -0.3 is 29.3 Å². The topological polar surface area (TPSA) is 80.3 Å². The van der Waals surface area contributed by atoms with Gasteiger partial charge in [-0.3, -0.25) is 9.59 Å². The van der Waals surface area contributed by atoms with E-state index in [2.05, 4.69) is 17.1 Å². The van der Waals surface area contributed by atoms with Gasteiger partial charge in [-0.1, -0.05) is 6.92 Å². The summed E-state index contributed by atoms with van der Waals surface area (Å²) in [6.45, 7) is 6.59. The summed E-state index contributed by atoms with van der Waals surface area (Å²) in [5.74, 6) is 1.74. The van der Waals surface area contributed by atoms with E-state index in [1.165, 1.54) is 34.2 Å². The molecule has 1 unspecified atom stereocenters. The van der Waals surface area contributed by atoms with Crippen LogP contribution in [-0.4, -0.2) is 70.8 Å². The van der Waals surface area contributed by atoms with Gasteiger partial charge in [0, 0.05) is 31.6 Å². The van der Waals surface area contributed by atoms with E-state index in [4.69, 9.17) is 14.2 Å². The van der Waals surface area contributed by atoms with Gasteiger partial charge in [-0.15, -0.1) is 0 Å². The molecule has 8 nitrogen and oxygen atoms in total. The van der Waals surface area contributed by atoms with Crippen LogP contribution in [0, 0.1) is 11.8 Å². The molecule has 1 aromatic rings. The third-order valence-electron chi connectivity index (χ3n) is 6.28. The predicted octanol–water partition coefficient (Wildman–Crippen LogP) is 2.30. The van der Waals surface area contributed by atoms with E-state index in [-0.39, 0.29) is 24.2 Å². The van der Waals surface area contributed by atoms with E-state index >= 15 is 0 Å². The van der Waals surface area contributed by atoms with Crippen LogP contribution in [0.2, 0.25) is 0 Å². The number of rotatable bonds is 9. The Hall–Kier alpha value is -2.48. The third-order valence-corrected chi connectivity index (χ3v) is 6.28. The molecule has 1 atom stereocenters. The van der Waals surface area contributed by atoms with Crippen molar-refractivity contribution in [1.82, 2.24) is 10.2 Å². The minimum Gasteiger partial charge on any atom is -0.493 e. The number of hydrogen-bond acceptors (Lipinski definition) is 6. The molecular weight excluding hydrogens is 398 g/mol. The van der Waals surface area contributed by atoms with Crippen molar-refractivity contribution in [3.8, 4) is 17.2 Å². The molecule has 2 aliphatic heterocycles. The van der Waals surface area contributed by atoms with Gasteiger partial charge in [0.15, 0.2) is 11.5 Å². The first-order valence-electron chi connectivity index (χ1n) is 11.1. The molecule has 0 spiro atoms. The van der Waals surface area contributed by atoms with Crippen molar-refractivity contribution in [1.29, 1.82) is 0 Å². The fourth-order valence-corrected chi connectivity index (χ4v) is 4.30. The van der Waals surface area contributed by atoms with Crippen LogP contribution in [0.15, 0.2) is 12.1 Å². The van der Waals surface area contributed by atoms with Gasteiger partial charge in [-0.2, -0.15) is 0 Å². The fourth-order valence-electron chi connectivity index (χ4n) is 4.30. The standard InChI is InChI=1S/C23H35N3O5/c1-16-6-10-25(11-7-16)9-5-8-24-23(28)17-12-21(27)26(15-17)18-13-19(29-2)22(31-4)20(14-18)30-3/h13-14,16-17H,5-12,15H2,1-4H3,(H,24,28). The van der Waals surface area contributed by atoms with Crippen molar-refractivity contribution in [2.45, 2.75) is 32.6 Å². The maximum Gasteiger partial charge on any atom is 0.227 e. The van der Waals surface area contributed by atoms with Crippen LogP contribution in [0.4, 0.5) is 5.69 Å². The summed E-state index contributed by atoms with van der Waals surface area (Å²) < 4.78 is 16.1. The number of benzene rings is 1. The zero-order valence-electron chi connectivity index (χ0n) is 19.1. The molecule has 0 aliphatic carbocycles. The molecule has 172 valence electrons. The van der Waals surface area contributed by atoms with E-state index in [0.29, 0.717) is 36.0 Å². The lowest BCUT2D eigenvalue weighted by atomic mass is 9.99. The summed E-state index contributed by atoms with van der Waals surface area (Å²) in [6.07, 6.45) is 3.64. The number of likely N-dealkylation sites (tertiary alicyclic amines) is 1. The number of amides is 2. The summed E-state index contributed by atoms with van der Waals surface area (Å²) in [7, 11) is 4.61. The van der Waals surface area contributed by atoms with Crippen molar-refractivity contribution in [3.63, 3.8) is 0 Å². The molecule has 2 heterocycles. The smallest absolute Gasteiger partial charge is 0.227 e. The first kappa shape index (κ1) is 23.2. The van der Waals surface area contributed by atoms with Crippen LogP contribution in [0.1, 0.15) is 32.6 Å². The number of nitrogens with zero attached hydrogens (tertiary/aromatic N) is 2. The molecule has 2 fully saturated rings. The highest BCUT2D eigenvalue weighted by Crippen LogP contribution is 2.42. The molecule has 0 aromatic heterocycles. The van der Waals surface area contributed by atoms with Crippen LogP contribution in [0.3, 0.4) is 0 Å². The van der Waals surface area contributed by atoms with Crippen LogP contribution in [0.25, 0.3) is 0 Å². The molecule has 31 heavy (non-hydrogen) atoms. The molecule has 8 heteroatoms. The van der Waals surface area contributed by atoms with Crippen molar-refractivity contribution in [2.24, 2.45) is 11.8 Å². The molecule has 0 radical (unpaired) electrons. The average Bonchev–Trinajstić information content (AvgIpc) is 3.18. The molecule has 2 saturated heterocycles. The lowest BCUT2D eigenvalue weighted by Crippen LogP contribution is -2.37. The van der Waals surface area contributed by atoms with Crippen molar-refractivity contribution in [3.05, 3.63) is 12.1 Å². The number of piperidine rings is 1. The number of hydrogen-bond donors (Lipinski definition) is 1. The van der Waals surface area contributed by atoms with Crippen molar-refractivity contribution >= 4 is 17.5 Å². The first-order valence-corrected chi connectivity index (χ1v) is 11.1. The van der Waals surface area contributed by atoms with Gasteiger partial charge in [-0.25, -0.2) is 0 Å². The summed E-state index contributed by atoms with van der Waals surface area (Å²) >= 11 is 0. The summed E-state index contributed by atoms with van der Waals surface area (Å²) in [5.41, 5.74) is 0.633. The average molecular weight is 434 g/mol. The van der Waals surface area contributed by atoms with Crippen molar-refractivity contribution < 1.29 is 23.8 Å². The van der Waals surface area contributed by atoms with E-state index in [0.717, 1.165) is 32.0 Å². The monoisotopic (exact) mass is 433 g/mol. The number of carbonyl (C=O) groups is 2. The number of methoxy groups -OCH3 is 3. The predicted molar refractivity (Wildman–Crippen MR) is 119 cm³/mol. The van der Waals surface area contributed by atoms with Crippen molar-refractivity contribution in [2.75, 3.05) is 59.0 Å². The highest BCUT2D eigenvalue weighted by atomic mass is 16.5. The Bertz CT molecular complexity index is 751. The second-order valence-corrected chi connectivity index (χ2v) is 8.46. The molecule has 2 amide bonds. The normalized spacial score (nSPS) is 20.1. The quantitative estimate of drug-likeness (QED) is 0.602. The number of ether oxygens (including phenoxy) is 3. The minimum absolute atomic E-state index is 0.0597. The maximum atomic E-state index is 12.6. The van der Waals surface area contributed by atoms with Gasteiger partial charge in [0.1, 0.15) is 0 Å².